The maximum atomic E-state index is 12.5. The number of hydrogen-bond donors (Lipinski definition) is 0. The molecule has 3 aliphatic rings. The Bertz CT molecular complexity index is 420. The van der Waals surface area contributed by atoms with E-state index in [0.717, 1.165) is 29.2 Å². The summed E-state index contributed by atoms with van der Waals surface area (Å²) in [5.41, 5.74) is 0.936. The van der Waals surface area contributed by atoms with Gasteiger partial charge in [0.1, 0.15) is 0 Å². The topological polar surface area (TPSA) is 17.1 Å². The number of ketones is 1. The molecule has 3 saturated carbocycles. The van der Waals surface area contributed by atoms with Crippen LogP contribution in [0.2, 0.25) is 0 Å². The van der Waals surface area contributed by atoms with Crippen molar-refractivity contribution in [3.05, 3.63) is 35.9 Å². The molecule has 0 aromatic heterocycles. The van der Waals surface area contributed by atoms with Gasteiger partial charge in [0.05, 0.1) is 0 Å². The molecule has 1 aromatic rings. The first-order chi connectivity index (χ1) is 7.86. The quantitative estimate of drug-likeness (QED) is 0.688. The van der Waals surface area contributed by atoms with Crippen molar-refractivity contribution in [2.75, 3.05) is 0 Å². The number of carbonyl (C=O) groups excluding carboxylic acids is 1. The normalized spacial score (nSPS) is 43.1. The Morgan fingerprint density at radius 3 is 2.19 bits per heavy atom. The molecule has 3 aliphatic carbocycles. The highest BCUT2D eigenvalue weighted by molar-refractivity contribution is 5.98. The minimum absolute atomic E-state index is 0.381. The molecule has 1 aromatic carbocycles. The molecule has 1 heteroatoms. The number of benzene rings is 1. The molecular weight excluding hydrogens is 196 g/mol. The molecule has 0 aliphatic heterocycles. The van der Waals surface area contributed by atoms with Gasteiger partial charge in [0.15, 0.2) is 5.78 Å². The van der Waals surface area contributed by atoms with Crippen LogP contribution in [-0.2, 0) is 0 Å². The molecule has 4 rings (SSSR count). The van der Waals surface area contributed by atoms with E-state index in [1.807, 2.05) is 30.3 Å². The van der Waals surface area contributed by atoms with Gasteiger partial charge >= 0.3 is 0 Å². The van der Waals surface area contributed by atoms with Crippen molar-refractivity contribution in [2.24, 2.45) is 29.6 Å². The number of Topliss-reactive ketones (excluding diaryl/α,β-unsaturated/α-hetero) is 1. The van der Waals surface area contributed by atoms with Gasteiger partial charge < -0.3 is 0 Å². The van der Waals surface area contributed by atoms with E-state index >= 15 is 0 Å². The van der Waals surface area contributed by atoms with E-state index in [4.69, 9.17) is 0 Å². The van der Waals surface area contributed by atoms with E-state index < -0.39 is 0 Å². The monoisotopic (exact) mass is 212 g/mol. The zero-order chi connectivity index (χ0) is 10.7. The molecule has 2 bridgehead atoms. The van der Waals surface area contributed by atoms with Crippen molar-refractivity contribution in [1.82, 2.24) is 0 Å². The Labute approximate surface area is 95.9 Å². The van der Waals surface area contributed by atoms with Crippen LogP contribution >= 0.6 is 0 Å². The highest BCUT2D eigenvalue weighted by atomic mass is 16.1. The van der Waals surface area contributed by atoms with Gasteiger partial charge in [-0.2, -0.15) is 0 Å². The summed E-state index contributed by atoms with van der Waals surface area (Å²) in [5, 5.41) is 0. The maximum Gasteiger partial charge on any atom is 0.166 e. The zero-order valence-electron chi connectivity index (χ0n) is 9.30. The third-order valence-corrected chi connectivity index (χ3v) is 5.11. The maximum absolute atomic E-state index is 12.5. The van der Waals surface area contributed by atoms with Crippen LogP contribution in [0.1, 0.15) is 29.6 Å². The van der Waals surface area contributed by atoms with Gasteiger partial charge in [-0.25, -0.2) is 0 Å². The zero-order valence-corrected chi connectivity index (χ0v) is 9.30. The van der Waals surface area contributed by atoms with Gasteiger partial charge in [-0.1, -0.05) is 30.3 Å². The van der Waals surface area contributed by atoms with E-state index in [2.05, 4.69) is 0 Å². The number of hydrogen-bond acceptors (Lipinski definition) is 1. The highest BCUT2D eigenvalue weighted by Crippen LogP contribution is 2.68. The van der Waals surface area contributed by atoms with Crippen molar-refractivity contribution in [2.45, 2.75) is 19.3 Å². The van der Waals surface area contributed by atoms with Gasteiger partial charge in [0.2, 0.25) is 0 Å². The fourth-order valence-electron chi connectivity index (χ4n) is 4.43. The second-order valence-electron chi connectivity index (χ2n) is 5.72. The molecule has 82 valence electrons. The van der Waals surface area contributed by atoms with E-state index in [-0.39, 0.29) is 0 Å². The van der Waals surface area contributed by atoms with Crippen LogP contribution in [0.25, 0.3) is 0 Å². The van der Waals surface area contributed by atoms with Crippen molar-refractivity contribution >= 4 is 5.78 Å². The molecule has 0 saturated heterocycles. The lowest BCUT2D eigenvalue weighted by Crippen LogP contribution is -2.22. The second-order valence-corrected chi connectivity index (χ2v) is 5.72. The SMILES string of the molecule is O=C(c1ccccc1)C1[C@H]2CC[C@@H]1[C@@H]1C[C@@H]12. The van der Waals surface area contributed by atoms with Crippen LogP contribution in [0.4, 0.5) is 0 Å². The van der Waals surface area contributed by atoms with Crippen LogP contribution in [0.15, 0.2) is 30.3 Å². The summed E-state index contributed by atoms with van der Waals surface area (Å²) >= 11 is 0. The smallest absolute Gasteiger partial charge is 0.166 e. The Kier molecular flexibility index (Phi) is 1.66. The van der Waals surface area contributed by atoms with Gasteiger partial charge in [-0.15, -0.1) is 0 Å². The minimum Gasteiger partial charge on any atom is -0.294 e. The standard InChI is InChI=1S/C15H16O/c16-15(9-4-2-1-3-5-9)14-10-6-7-11(14)13-8-12(10)13/h1-5,10-14H,6-8H2/t10-,11+,12+,13-,14?. The summed E-state index contributed by atoms with van der Waals surface area (Å²) in [4.78, 5) is 12.5. The fraction of sp³-hybridized carbons (Fsp3) is 0.533. The third-order valence-electron chi connectivity index (χ3n) is 5.11. The predicted octanol–water partition coefficient (Wildman–Crippen LogP) is 3.16. The lowest BCUT2D eigenvalue weighted by atomic mass is 9.85. The first-order valence-electron chi connectivity index (χ1n) is 6.45. The van der Waals surface area contributed by atoms with E-state index in [0.29, 0.717) is 11.7 Å². The van der Waals surface area contributed by atoms with Crippen LogP contribution < -0.4 is 0 Å². The Balaban J connectivity index is 1.66. The van der Waals surface area contributed by atoms with Crippen molar-refractivity contribution in [3.8, 4) is 0 Å². The lowest BCUT2D eigenvalue weighted by molar-refractivity contribution is 0.0869. The lowest BCUT2D eigenvalue weighted by Gasteiger charge is -2.17. The number of rotatable bonds is 2. The van der Waals surface area contributed by atoms with Crippen molar-refractivity contribution in [1.29, 1.82) is 0 Å². The fourth-order valence-corrected chi connectivity index (χ4v) is 4.43. The molecule has 0 radical (unpaired) electrons. The molecule has 3 fully saturated rings. The highest BCUT2D eigenvalue weighted by Gasteiger charge is 2.64. The van der Waals surface area contributed by atoms with Crippen molar-refractivity contribution in [3.63, 3.8) is 0 Å². The molecule has 0 N–H and O–H groups in total. The van der Waals surface area contributed by atoms with Crippen LogP contribution in [-0.4, -0.2) is 5.78 Å². The van der Waals surface area contributed by atoms with E-state index in [1.54, 1.807) is 0 Å². The van der Waals surface area contributed by atoms with Crippen LogP contribution in [0, 0.1) is 29.6 Å². The molecule has 0 spiro atoms. The summed E-state index contributed by atoms with van der Waals surface area (Å²) in [6.45, 7) is 0. The Morgan fingerprint density at radius 2 is 1.56 bits per heavy atom. The average Bonchev–Trinajstić information content (AvgIpc) is 2.98. The molecule has 1 unspecified atom stereocenters. The van der Waals surface area contributed by atoms with Crippen molar-refractivity contribution < 1.29 is 4.79 Å². The number of carbonyl (C=O) groups is 1. The van der Waals surface area contributed by atoms with Crippen LogP contribution in [0.3, 0.4) is 0 Å². The predicted molar refractivity (Wildman–Crippen MR) is 62.1 cm³/mol. The summed E-state index contributed by atoms with van der Waals surface area (Å²) in [5.74, 6) is 4.14. The second kappa shape index (κ2) is 2.97. The third kappa shape index (κ3) is 1.04. The molecule has 0 heterocycles. The minimum atomic E-state index is 0.381. The first kappa shape index (κ1) is 8.98. The molecule has 16 heavy (non-hydrogen) atoms. The van der Waals surface area contributed by atoms with Crippen LogP contribution in [0.5, 0.6) is 0 Å². The van der Waals surface area contributed by atoms with Gasteiger partial charge in [0, 0.05) is 11.5 Å². The summed E-state index contributed by atoms with van der Waals surface area (Å²) in [6, 6.07) is 9.89. The van der Waals surface area contributed by atoms with E-state index in [9.17, 15) is 4.79 Å². The Hall–Kier alpha value is -1.11. The molecule has 0 amide bonds. The summed E-state index contributed by atoms with van der Waals surface area (Å²) in [6.07, 6.45) is 4.05. The molecule has 5 atom stereocenters. The summed E-state index contributed by atoms with van der Waals surface area (Å²) in [7, 11) is 0. The van der Waals surface area contributed by atoms with Gasteiger partial charge in [-0.3, -0.25) is 4.79 Å². The number of fused-ring (bicyclic) bond motifs is 5. The molecule has 1 nitrogen and oxygen atoms in total. The van der Waals surface area contributed by atoms with Gasteiger partial charge in [0.25, 0.3) is 0 Å². The Morgan fingerprint density at radius 1 is 0.938 bits per heavy atom. The first-order valence-corrected chi connectivity index (χ1v) is 6.45. The average molecular weight is 212 g/mol. The summed E-state index contributed by atoms with van der Waals surface area (Å²) < 4.78 is 0. The van der Waals surface area contributed by atoms with Gasteiger partial charge in [-0.05, 0) is 42.9 Å². The molecular formula is C15H16O. The van der Waals surface area contributed by atoms with E-state index in [1.165, 1.54) is 19.3 Å². The largest absolute Gasteiger partial charge is 0.294 e.